The summed E-state index contributed by atoms with van der Waals surface area (Å²) >= 11 is 3.51. The molecule has 2 saturated heterocycles. The first kappa shape index (κ1) is 42.8. The number of halogens is 1. The van der Waals surface area contributed by atoms with Crippen LogP contribution in [-0.2, 0) is 23.5 Å². The number of nitrogens with zero attached hydrogens (tertiary/aromatic N) is 1. The van der Waals surface area contributed by atoms with E-state index in [1.165, 1.54) is 4.90 Å². The average molecular weight is 857 g/mol. The van der Waals surface area contributed by atoms with Gasteiger partial charge in [-0.15, -0.1) is 0 Å². The molecule has 302 valence electrons. The van der Waals surface area contributed by atoms with Gasteiger partial charge in [-0.3, -0.25) is 19.3 Å². The molecule has 0 aromatic heterocycles. The summed E-state index contributed by atoms with van der Waals surface area (Å²) in [5.41, 5.74) is 3.73. The zero-order valence-electron chi connectivity index (χ0n) is 33.5. The Morgan fingerprint density at radius 3 is 2.25 bits per heavy atom. The normalized spacial score (nSPS) is 21.5. The molecule has 12 heteroatoms. The van der Waals surface area contributed by atoms with Crippen LogP contribution in [0, 0.1) is 17.8 Å². The van der Waals surface area contributed by atoms with Gasteiger partial charge in [0.05, 0.1) is 24.5 Å². The number of imide groups is 1. The summed E-state index contributed by atoms with van der Waals surface area (Å²) in [4.78, 5) is 41.0. The van der Waals surface area contributed by atoms with Crippen LogP contribution < -0.4 is 10.4 Å². The van der Waals surface area contributed by atoms with Crippen LogP contribution in [0.1, 0.15) is 84.6 Å². The second kappa shape index (κ2) is 18.4. The number of carboxylic acid groups (broad SMARTS) is 1. The first-order valence-electron chi connectivity index (χ1n) is 20.3. The van der Waals surface area contributed by atoms with Crippen LogP contribution in [0.15, 0.2) is 100 Å². The van der Waals surface area contributed by atoms with E-state index in [-0.39, 0.29) is 48.5 Å². The molecule has 2 amide bonds. The van der Waals surface area contributed by atoms with Crippen molar-refractivity contribution in [3.05, 3.63) is 106 Å². The van der Waals surface area contributed by atoms with Crippen LogP contribution in [0.5, 0.6) is 5.75 Å². The molecule has 3 aliphatic rings. The molecule has 2 heterocycles. The van der Waals surface area contributed by atoms with Gasteiger partial charge in [-0.2, -0.15) is 0 Å². The molecule has 3 aromatic carbocycles. The van der Waals surface area contributed by atoms with Crippen molar-refractivity contribution in [1.29, 1.82) is 0 Å². The lowest BCUT2D eigenvalue weighted by Gasteiger charge is -2.46. The highest BCUT2D eigenvalue weighted by Crippen LogP contribution is 2.51. The molecule has 2 fully saturated rings. The monoisotopic (exact) mass is 855 g/mol. The molecule has 57 heavy (non-hydrogen) atoms. The van der Waals surface area contributed by atoms with Crippen molar-refractivity contribution in [2.24, 2.45) is 17.8 Å². The standard InChI is InChI=1S/C45H55BBrNO8Si/c1-5-30(25-31-26-33(47)21-22-38(31)49)20-23-39-41-32(29-55-57(45(2,3)4,34-15-9-6-10-16-34)35-17-11-7-12-18-35)27-36-42(37(41)28-46(54)56-39)44(53)48(43(36)52)24-14-8-13-19-40(50)51/h6-7,9-12,15-18,21-22,25-26,36-37,39,42,49,54H,5,8,13-14,19-20,23-24,27-29H2,1-4H3,(H,50,51)/b30-25+/t36-,37+,39-,42-/m1/s1. The lowest BCUT2D eigenvalue weighted by atomic mass is 9.58. The third kappa shape index (κ3) is 9.25. The van der Waals surface area contributed by atoms with Gasteiger partial charge in [-0.25, -0.2) is 0 Å². The quantitative estimate of drug-likeness (QED) is 0.0577. The highest BCUT2D eigenvalue weighted by Gasteiger charge is 2.58. The molecule has 6 rings (SSSR count). The number of rotatable bonds is 16. The second-order valence-corrected chi connectivity index (χ2v) is 21.9. The molecule has 9 nitrogen and oxygen atoms in total. The fraction of sp³-hybridized carbons (Fsp3) is 0.444. The van der Waals surface area contributed by atoms with E-state index in [0.717, 1.165) is 38.0 Å². The number of unbranched alkanes of at least 4 members (excludes halogenated alkanes) is 2. The molecule has 0 radical (unpaired) electrons. The molecule has 1 aliphatic carbocycles. The van der Waals surface area contributed by atoms with Crippen molar-refractivity contribution in [2.75, 3.05) is 13.2 Å². The number of phenolic OH excluding ortho intramolecular Hbond substituents is 1. The van der Waals surface area contributed by atoms with Crippen molar-refractivity contribution < 1.29 is 38.7 Å². The SMILES string of the molecule is CC/C(=C\c1cc(Br)ccc1O)CC[C@H]1OB(O)C[C@H]2C1=C(CO[Si](c1ccccc1)(c1ccccc1)C(C)(C)C)C[C@H]1C(=O)N(CCCCCC(=O)O)C(=O)[C@H]12. The maximum absolute atomic E-state index is 14.3. The Kier molecular flexibility index (Phi) is 13.8. The number of hydrogen-bond acceptors (Lipinski definition) is 7. The summed E-state index contributed by atoms with van der Waals surface area (Å²) in [7, 11) is -4.11. The fourth-order valence-corrected chi connectivity index (χ4v) is 14.3. The number of carbonyl (C=O) groups is 3. The molecule has 0 bridgehead atoms. The van der Waals surface area contributed by atoms with Gasteiger partial charge in [-0.05, 0) is 95.5 Å². The minimum Gasteiger partial charge on any atom is -0.507 e. The van der Waals surface area contributed by atoms with Gasteiger partial charge in [0.15, 0.2) is 0 Å². The van der Waals surface area contributed by atoms with Crippen LogP contribution in [0.3, 0.4) is 0 Å². The maximum Gasteiger partial charge on any atom is 0.455 e. The summed E-state index contributed by atoms with van der Waals surface area (Å²) in [6.45, 7) is 9.26. The largest absolute Gasteiger partial charge is 0.507 e. The third-order valence-corrected chi connectivity index (χ3v) is 17.6. The summed E-state index contributed by atoms with van der Waals surface area (Å²) in [6, 6.07) is 26.2. The van der Waals surface area contributed by atoms with Gasteiger partial charge in [0.1, 0.15) is 5.75 Å². The van der Waals surface area contributed by atoms with Crippen molar-refractivity contribution in [1.82, 2.24) is 4.90 Å². The Morgan fingerprint density at radius 1 is 0.965 bits per heavy atom. The zero-order valence-corrected chi connectivity index (χ0v) is 36.0. The highest BCUT2D eigenvalue weighted by molar-refractivity contribution is 9.10. The molecular weight excluding hydrogens is 801 g/mol. The molecule has 0 unspecified atom stereocenters. The average Bonchev–Trinajstić information content (AvgIpc) is 3.42. The number of hydrogen-bond donors (Lipinski definition) is 3. The topological polar surface area (TPSA) is 134 Å². The van der Waals surface area contributed by atoms with E-state index in [1.807, 2.05) is 24.3 Å². The molecule has 4 atom stereocenters. The zero-order chi connectivity index (χ0) is 40.9. The molecule has 3 aromatic rings. The van der Waals surface area contributed by atoms with Crippen molar-refractivity contribution >= 4 is 65.6 Å². The number of aromatic hydroxyl groups is 1. The number of allylic oxidation sites excluding steroid dienone is 1. The number of benzene rings is 3. The number of amides is 2. The molecule has 0 saturated carbocycles. The first-order valence-corrected chi connectivity index (χ1v) is 23.0. The first-order chi connectivity index (χ1) is 27.2. The maximum atomic E-state index is 14.3. The molecule has 3 N–H and O–H groups in total. The Morgan fingerprint density at radius 2 is 1.63 bits per heavy atom. The van der Waals surface area contributed by atoms with E-state index >= 15 is 0 Å². The van der Waals surface area contributed by atoms with Crippen molar-refractivity contribution in [2.45, 2.75) is 96.5 Å². The third-order valence-electron chi connectivity index (χ3n) is 12.1. The Balaban J connectivity index is 1.39. The Hall–Kier alpha value is -3.81. The Bertz CT molecular complexity index is 1940. The molecule has 2 aliphatic heterocycles. The van der Waals surface area contributed by atoms with Gasteiger partial charge >= 0.3 is 13.1 Å². The van der Waals surface area contributed by atoms with E-state index in [0.29, 0.717) is 44.1 Å². The van der Waals surface area contributed by atoms with Gasteiger partial charge in [0.2, 0.25) is 11.8 Å². The van der Waals surface area contributed by atoms with E-state index in [4.69, 9.17) is 14.2 Å². The van der Waals surface area contributed by atoms with E-state index in [2.05, 4.69) is 92.2 Å². The number of fused-ring (bicyclic) bond motifs is 3. The number of phenols is 1. The van der Waals surface area contributed by atoms with Crippen LogP contribution in [0.2, 0.25) is 11.4 Å². The lowest BCUT2D eigenvalue weighted by molar-refractivity contribution is -0.141. The van der Waals surface area contributed by atoms with Gasteiger partial charge in [-0.1, -0.05) is 122 Å². The Labute approximate surface area is 346 Å². The smallest absolute Gasteiger partial charge is 0.455 e. The predicted octanol–water partition coefficient (Wildman–Crippen LogP) is 7.75. The van der Waals surface area contributed by atoms with Crippen molar-refractivity contribution in [3.8, 4) is 5.75 Å². The van der Waals surface area contributed by atoms with Crippen LogP contribution >= 0.6 is 15.9 Å². The van der Waals surface area contributed by atoms with Crippen LogP contribution in [0.25, 0.3) is 6.08 Å². The molecular formula is C45H55BBrNO8Si. The minimum atomic E-state index is -3.00. The highest BCUT2D eigenvalue weighted by atomic mass is 79.9. The number of carboxylic acids is 1. The summed E-state index contributed by atoms with van der Waals surface area (Å²) in [5, 5.41) is 33.0. The fourth-order valence-electron chi connectivity index (χ4n) is 9.39. The van der Waals surface area contributed by atoms with E-state index in [1.54, 1.807) is 12.1 Å². The van der Waals surface area contributed by atoms with Crippen LogP contribution in [-0.4, -0.2) is 72.6 Å². The summed E-state index contributed by atoms with van der Waals surface area (Å²) < 4.78 is 14.8. The van der Waals surface area contributed by atoms with Crippen LogP contribution in [0.4, 0.5) is 0 Å². The molecule has 0 spiro atoms. The van der Waals surface area contributed by atoms with E-state index in [9.17, 15) is 24.5 Å². The minimum absolute atomic E-state index is 0.0511. The predicted molar refractivity (Wildman–Crippen MR) is 229 cm³/mol. The summed E-state index contributed by atoms with van der Waals surface area (Å²) in [6.07, 6.45) is 5.61. The van der Waals surface area contributed by atoms with E-state index < -0.39 is 45.3 Å². The number of likely N-dealkylation sites (tertiary alicyclic amines) is 1. The second-order valence-electron chi connectivity index (χ2n) is 16.7. The van der Waals surface area contributed by atoms with Crippen molar-refractivity contribution in [3.63, 3.8) is 0 Å². The number of aliphatic carboxylic acids is 1. The lowest BCUT2D eigenvalue weighted by Crippen LogP contribution is -2.66. The summed E-state index contributed by atoms with van der Waals surface area (Å²) in [5.74, 6) is -2.71. The number of carbonyl (C=O) groups excluding carboxylic acids is 2. The van der Waals surface area contributed by atoms with Gasteiger partial charge in [0, 0.05) is 23.0 Å². The van der Waals surface area contributed by atoms with Gasteiger partial charge < -0.3 is 24.3 Å². The van der Waals surface area contributed by atoms with Gasteiger partial charge in [0.25, 0.3) is 8.32 Å².